The fraction of sp³-hybridized carbons (Fsp3) is 0.545. The molecule has 0 bridgehead atoms. The summed E-state index contributed by atoms with van der Waals surface area (Å²) in [6.45, 7) is 6.77. The molecule has 0 aliphatic carbocycles. The molecule has 0 unspecified atom stereocenters. The Morgan fingerprint density at radius 3 is 2.56 bits per heavy atom. The Morgan fingerprint density at radius 1 is 1.50 bits per heavy atom. The Hall–Kier alpha value is -0.720. The number of aromatic nitrogens is 1. The van der Waals surface area contributed by atoms with Gasteiger partial charge in [0.25, 0.3) is 0 Å². The van der Waals surface area contributed by atoms with Crippen molar-refractivity contribution in [3.63, 3.8) is 0 Å². The van der Waals surface area contributed by atoms with Gasteiger partial charge in [0.1, 0.15) is 0 Å². The van der Waals surface area contributed by atoms with Crippen LogP contribution in [0.5, 0.6) is 0 Å². The lowest BCUT2D eigenvalue weighted by Crippen LogP contribution is -2.45. The molecular weight excluding hydrogens is 315 g/mol. The van der Waals surface area contributed by atoms with Crippen LogP contribution in [0.25, 0.3) is 0 Å². The third kappa shape index (κ3) is 5.39. The molecule has 1 aromatic rings. The van der Waals surface area contributed by atoms with Gasteiger partial charge in [0.05, 0.1) is 6.54 Å². The van der Waals surface area contributed by atoms with Gasteiger partial charge in [-0.1, -0.05) is 0 Å². The van der Waals surface area contributed by atoms with Gasteiger partial charge >= 0.3 is 0 Å². The lowest BCUT2D eigenvalue weighted by molar-refractivity contribution is 0.508. The zero-order chi connectivity index (χ0) is 11.5. The van der Waals surface area contributed by atoms with Crippen LogP contribution in [0.15, 0.2) is 23.3 Å². The molecule has 4 nitrogen and oxygen atoms in total. The second kappa shape index (κ2) is 6.12. The van der Waals surface area contributed by atoms with Gasteiger partial charge in [-0.3, -0.25) is 0 Å². The van der Waals surface area contributed by atoms with E-state index in [2.05, 4.69) is 31.1 Å². The summed E-state index contributed by atoms with van der Waals surface area (Å²) in [6, 6.07) is 4.03. The second-order valence-corrected chi connectivity index (χ2v) is 4.69. The van der Waals surface area contributed by atoms with E-state index in [-0.39, 0.29) is 29.5 Å². The molecule has 1 heterocycles. The van der Waals surface area contributed by atoms with Gasteiger partial charge < -0.3 is 15.6 Å². The molecule has 0 aliphatic rings. The molecule has 92 valence electrons. The van der Waals surface area contributed by atoms with Crippen LogP contribution in [-0.2, 0) is 13.6 Å². The smallest absolute Gasteiger partial charge is 0.189 e. The molecule has 0 aromatic carbocycles. The standard InChI is InChI=1S/C11H20N4.HI/c1-11(2,3)14-10(12)13-8-9-6-5-7-15(9)4;/h5-7H,8H2,1-4H3,(H3,12,13,14);1H. The van der Waals surface area contributed by atoms with E-state index in [0.717, 1.165) is 5.69 Å². The summed E-state index contributed by atoms with van der Waals surface area (Å²) in [5.41, 5.74) is 6.86. The topological polar surface area (TPSA) is 55.3 Å². The lowest BCUT2D eigenvalue weighted by Gasteiger charge is -2.20. The Bertz CT molecular complexity index is 349. The molecule has 5 heteroatoms. The molecule has 0 fully saturated rings. The molecule has 0 amide bonds. The van der Waals surface area contributed by atoms with Crippen molar-refractivity contribution in [1.29, 1.82) is 0 Å². The Labute approximate surface area is 114 Å². The molecular formula is C11H21IN4. The van der Waals surface area contributed by atoms with Crippen LogP contribution in [0.3, 0.4) is 0 Å². The summed E-state index contributed by atoms with van der Waals surface area (Å²) < 4.78 is 2.04. The number of guanidine groups is 1. The highest BCUT2D eigenvalue weighted by atomic mass is 127. The SMILES string of the molecule is Cn1cccc1CN=C(N)NC(C)(C)C.I. The van der Waals surface area contributed by atoms with Crippen molar-refractivity contribution in [1.82, 2.24) is 9.88 Å². The van der Waals surface area contributed by atoms with Gasteiger partial charge in [0.2, 0.25) is 0 Å². The molecule has 0 radical (unpaired) electrons. The molecule has 1 rings (SSSR count). The molecule has 0 saturated heterocycles. The largest absolute Gasteiger partial charge is 0.370 e. The van der Waals surface area contributed by atoms with Gasteiger partial charge in [0.15, 0.2) is 5.96 Å². The minimum atomic E-state index is -0.0399. The van der Waals surface area contributed by atoms with Crippen molar-refractivity contribution >= 4 is 29.9 Å². The van der Waals surface area contributed by atoms with Gasteiger partial charge in [-0.05, 0) is 32.9 Å². The van der Waals surface area contributed by atoms with E-state index in [1.807, 2.05) is 29.9 Å². The monoisotopic (exact) mass is 336 g/mol. The third-order valence-electron chi connectivity index (χ3n) is 1.97. The summed E-state index contributed by atoms with van der Waals surface area (Å²) in [6.07, 6.45) is 2.00. The van der Waals surface area contributed by atoms with Gasteiger partial charge in [-0.25, -0.2) is 4.99 Å². The number of hydrogen-bond donors (Lipinski definition) is 2. The molecule has 16 heavy (non-hydrogen) atoms. The number of hydrogen-bond acceptors (Lipinski definition) is 1. The number of nitrogens with zero attached hydrogens (tertiary/aromatic N) is 2. The van der Waals surface area contributed by atoms with Crippen molar-refractivity contribution in [3.05, 3.63) is 24.0 Å². The highest BCUT2D eigenvalue weighted by Crippen LogP contribution is 2.02. The summed E-state index contributed by atoms with van der Waals surface area (Å²) in [5, 5.41) is 3.12. The highest BCUT2D eigenvalue weighted by molar-refractivity contribution is 14.0. The van der Waals surface area contributed by atoms with Crippen LogP contribution in [0.2, 0.25) is 0 Å². The first-order valence-corrected chi connectivity index (χ1v) is 5.07. The number of aryl methyl sites for hydroxylation is 1. The van der Waals surface area contributed by atoms with Crippen LogP contribution in [0.1, 0.15) is 26.5 Å². The summed E-state index contributed by atoms with van der Waals surface area (Å²) in [5.74, 6) is 0.490. The first kappa shape index (κ1) is 15.3. The maximum absolute atomic E-state index is 5.76. The molecule has 3 N–H and O–H groups in total. The fourth-order valence-corrected chi connectivity index (χ4v) is 1.25. The lowest BCUT2D eigenvalue weighted by atomic mass is 10.1. The van der Waals surface area contributed by atoms with E-state index in [1.54, 1.807) is 0 Å². The van der Waals surface area contributed by atoms with Crippen LogP contribution >= 0.6 is 24.0 Å². The van der Waals surface area contributed by atoms with Gasteiger partial charge in [-0.15, -0.1) is 24.0 Å². The van der Waals surface area contributed by atoms with Crippen LogP contribution in [0, 0.1) is 0 Å². The molecule has 0 spiro atoms. The zero-order valence-electron chi connectivity index (χ0n) is 10.3. The van der Waals surface area contributed by atoms with Crippen molar-refractivity contribution < 1.29 is 0 Å². The van der Waals surface area contributed by atoms with Crippen molar-refractivity contribution in [2.24, 2.45) is 17.8 Å². The number of halogens is 1. The van der Waals surface area contributed by atoms with E-state index in [0.29, 0.717) is 12.5 Å². The third-order valence-corrected chi connectivity index (χ3v) is 1.97. The highest BCUT2D eigenvalue weighted by Gasteiger charge is 2.09. The van der Waals surface area contributed by atoms with E-state index in [4.69, 9.17) is 5.73 Å². The maximum atomic E-state index is 5.76. The summed E-state index contributed by atoms with van der Waals surface area (Å²) in [4.78, 5) is 4.28. The van der Waals surface area contributed by atoms with E-state index >= 15 is 0 Å². The molecule has 0 saturated carbocycles. The van der Waals surface area contributed by atoms with Crippen molar-refractivity contribution in [2.75, 3.05) is 0 Å². The van der Waals surface area contributed by atoms with Crippen LogP contribution in [-0.4, -0.2) is 16.1 Å². The predicted molar refractivity (Wildman–Crippen MR) is 79.0 cm³/mol. The fourth-order valence-electron chi connectivity index (χ4n) is 1.25. The van der Waals surface area contributed by atoms with Gasteiger partial charge in [-0.2, -0.15) is 0 Å². The average molecular weight is 336 g/mol. The maximum Gasteiger partial charge on any atom is 0.189 e. The first-order chi connectivity index (χ1) is 6.88. The van der Waals surface area contributed by atoms with Gasteiger partial charge in [0, 0.05) is 24.5 Å². The van der Waals surface area contributed by atoms with E-state index in [1.165, 1.54) is 0 Å². The summed E-state index contributed by atoms with van der Waals surface area (Å²) >= 11 is 0. The number of rotatable bonds is 2. The minimum Gasteiger partial charge on any atom is -0.370 e. The number of aliphatic imine (C=N–C) groups is 1. The average Bonchev–Trinajstić information content (AvgIpc) is 2.44. The molecule has 1 aromatic heterocycles. The molecule has 0 atom stereocenters. The van der Waals surface area contributed by atoms with Crippen LogP contribution < -0.4 is 11.1 Å². The minimum absolute atomic E-state index is 0. The Balaban J connectivity index is 0.00000225. The van der Waals surface area contributed by atoms with E-state index in [9.17, 15) is 0 Å². The number of nitrogens with two attached hydrogens (primary N) is 1. The zero-order valence-corrected chi connectivity index (χ0v) is 12.6. The number of nitrogens with one attached hydrogen (secondary N) is 1. The predicted octanol–water partition coefficient (Wildman–Crippen LogP) is 1.85. The Kier molecular flexibility index (Phi) is 5.85. The summed E-state index contributed by atoms with van der Waals surface area (Å²) in [7, 11) is 2.00. The Morgan fingerprint density at radius 2 is 2.12 bits per heavy atom. The first-order valence-electron chi connectivity index (χ1n) is 5.07. The molecule has 0 aliphatic heterocycles. The van der Waals surface area contributed by atoms with Crippen molar-refractivity contribution in [2.45, 2.75) is 32.9 Å². The van der Waals surface area contributed by atoms with E-state index < -0.39 is 0 Å². The second-order valence-electron chi connectivity index (χ2n) is 4.69. The van der Waals surface area contributed by atoms with Crippen molar-refractivity contribution in [3.8, 4) is 0 Å². The quantitative estimate of drug-likeness (QED) is 0.492. The van der Waals surface area contributed by atoms with Crippen LogP contribution in [0.4, 0.5) is 0 Å². The normalized spacial score (nSPS) is 12.1.